The highest BCUT2D eigenvalue weighted by Gasteiger charge is 2.22. The van der Waals surface area contributed by atoms with E-state index in [0.29, 0.717) is 11.3 Å². The number of rotatable bonds is 7. The molecule has 0 saturated carbocycles. The predicted molar refractivity (Wildman–Crippen MR) is 123 cm³/mol. The third kappa shape index (κ3) is 4.89. The number of carboxylic acid groups (broad SMARTS) is 2. The van der Waals surface area contributed by atoms with Crippen LogP contribution in [-0.4, -0.2) is 39.6 Å². The van der Waals surface area contributed by atoms with E-state index in [1.54, 1.807) is 18.2 Å². The molecule has 0 atom stereocenters. The number of terminal acetylenes is 1. The van der Waals surface area contributed by atoms with Gasteiger partial charge in [-0.05, 0) is 49.4 Å². The third-order valence-electron chi connectivity index (χ3n) is 4.94. The Labute approximate surface area is 193 Å². The lowest BCUT2D eigenvalue weighted by molar-refractivity contribution is 0.0683. The predicted octanol–water partition coefficient (Wildman–Crippen LogP) is 3.75. The van der Waals surface area contributed by atoms with Crippen LogP contribution in [0.25, 0.3) is 0 Å². The fraction of sp³-hybridized carbons (Fsp3) is 0.0385. The van der Waals surface area contributed by atoms with Crippen molar-refractivity contribution in [3.63, 3.8) is 0 Å². The fourth-order valence-corrected chi connectivity index (χ4v) is 3.27. The van der Waals surface area contributed by atoms with E-state index in [1.165, 1.54) is 25.1 Å². The number of hydrogen-bond donors (Lipinski definition) is 3. The smallest absolute Gasteiger partial charge is 0.336 e. The summed E-state index contributed by atoms with van der Waals surface area (Å²) in [6, 6.07) is 13.4. The van der Waals surface area contributed by atoms with E-state index in [1.807, 2.05) is 0 Å². The first kappa shape index (κ1) is 23.6. The number of carboxylic acids is 2. The molecule has 168 valence electrons. The van der Waals surface area contributed by atoms with Crippen LogP contribution in [-0.2, 0) is 0 Å². The lowest BCUT2D eigenvalue weighted by Crippen LogP contribution is -2.18. The first-order chi connectivity index (χ1) is 16.1. The van der Waals surface area contributed by atoms with Gasteiger partial charge in [0.25, 0.3) is 5.91 Å². The van der Waals surface area contributed by atoms with Crippen LogP contribution in [0.15, 0.2) is 60.7 Å². The second-order valence-electron chi connectivity index (χ2n) is 7.20. The van der Waals surface area contributed by atoms with Gasteiger partial charge in [-0.15, -0.1) is 6.42 Å². The van der Waals surface area contributed by atoms with Crippen molar-refractivity contribution in [1.82, 2.24) is 0 Å². The fourth-order valence-electron chi connectivity index (χ4n) is 3.27. The largest absolute Gasteiger partial charge is 0.478 e. The van der Waals surface area contributed by atoms with Crippen LogP contribution in [0.1, 0.15) is 69.8 Å². The minimum absolute atomic E-state index is 0.00588. The normalized spacial score (nSPS) is 10.1. The van der Waals surface area contributed by atoms with Gasteiger partial charge in [0.1, 0.15) is 0 Å². The molecular weight excluding hydrogens is 438 g/mol. The number of Topliss-reactive ketones (excluding diaryl/α,β-unsaturated/α-hetero) is 1. The topological polar surface area (TPSA) is 138 Å². The SMILES string of the molecule is C#Cc1cccc(NC(=O)c2cc(C(=O)c3ccc(C(=O)O)c(C(C)=O)c3)ccc2C(=O)O)c1. The Hall–Kier alpha value is -5.03. The molecule has 0 unspecified atom stereocenters. The molecule has 0 saturated heterocycles. The number of amides is 1. The molecule has 0 aromatic heterocycles. The Balaban J connectivity index is 2.02. The number of carbonyl (C=O) groups is 5. The van der Waals surface area contributed by atoms with Crippen LogP contribution in [0.3, 0.4) is 0 Å². The third-order valence-corrected chi connectivity index (χ3v) is 4.94. The maximum atomic E-state index is 13.0. The summed E-state index contributed by atoms with van der Waals surface area (Å²) in [5.74, 6) is -2.20. The van der Waals surface area contributed by atoms with Crippen molar-refractivity contribution in [2.24, 2.45) is 0 Å². The molecule has 8 heteroatoms. The number of nitrogens with one attached hydrogen (secondary N) is 1. The minimum atomic E-state index is -1.37. The Kier molecular flexibility index (Phi) is 6.69. The van der Waals surface area contributed by atoms with Crippen LogP contribution in [0.4, 0.5) is 5.69 Å². The summed E-state index contributed by atoms with van der Waals surface area (Å²) in [4.78, 5) is 60.8. The average molecular weight is 455 g/mol. The summed E-state index contributed by atoms with van der Waals surface area (Å²) in [6.07, 6.45) is 5.36. The maximum absolute atomic E-state index is 13.0. The van der Waals surface area contributed by atoms with Gasteiger partial charge in [-0.1, -0.05) is 24.1 Å². The summed E-state index contributed by atoms with van der Waals surface area (Å²) in [5, 5.41) is 21.3. The molecule has 0 heterocycles. The quantitative estimate of drug-likeness (QED) is 0.364. The van der Waals surface area contributed by atoms with Gasteiger partial charge in [-0.25, -0.2) is 9.59 Å². The molecule has 0 bridgehead atoms. The van der Waals surface area contributed by atoms with Gasteiger partial charge in [0, 0.05) is 27.9 Å². The number of carbonyl (C=O) groups excluding carboxylic acids is 3. The number of aromatic carboxylic acids is 2. The van der Waals surface area contributed by atoms with Crippen LogP contribution < -0.4 is 5.32 Å². The lowest BCUT2D eigenvalue weighted by Gasteiger charge is -2.11. The Morgan fingerprint density at radius 2 is 1.32 bits per heavy atom. The maximum Gasteiger partial charge on any atom is 0.336 e. The van der Waals surface area contributed by atoms with Gasteiger partial charge in [0.15, 0.2) is 11.6 Å². The molecule has 3 aromatic carbocycles. The number of ketones is 2. The highest BCUT2D eigenvalue weighted by Crippen LogP contribution is 2.21. The van der Waals surface area contributed by atoms with Gasteiger partial charge < -0.3 is 15.5 Å². The van der Waals surface area contributed by atoms with Crippen molar-refractivity contribution in [3.8, 4) is 12.3 Å². The van der Waals surface area contributed by atoms with Crippen molar-refractivity contribution < 1.29 is 34.2 Å². The van der Waals surface area contributed by atoms with Crippen LogP contribution >= 0.6 is 0 Å². The Bertz CT molecular complexity index is 1410. The summed E-state index contributed by atoms with van der Waals surface area (Å²) in [5.41, 5.74) is -0.163. The van der Waals surface area contributed by atoms with E-state index in [2.05, 4.69) is 11.2 Å². The van der Waals surface area contributed by atoms with E-state index in [0.717, 1.165) is 24.3 Å². The molecule has 0 aliphatic heterocycles. The zero-order chi connectivity index (χ0) is 25.0. The Morgan fingerprint density at radius 1 is 0.765 bits per heavy atom. The molecule has 0 aliphatic carbocycles. The standard InChI is InChI=1S/C26H17NO7/c1-3-15-5-4-6-18(11-15)27-24(30)22-13-17(8-10-20(22)26(33)34)23(29)16-7-9-19(25(31)32)21(12-16)14(2)28/h1,4-13H,2H3,(H,27,30)(H,31,32)(H,33,34). The van der Waals surface area contributed by atoms with Crippen molar-refractivity contribution in [3.05, 3.63) is 99.6 Å². The van der Waals surface area contributed by atoms with Gasteiger partial charge >= 0.3 is 11.9 Å². The molecule has 3 rings (SSSR count). The Morgan fingerprint density at radius 3 is 1.85 bits per heavy atom. The summed E-state index contributed by atoms with van der Waals surface area (Å²) >= 11 is 0. The first-order valence-corrected chi connectivity index (χ1v) is 9.80. The first-order valence-electron chi connectivity index (χ1n) is 9.80. The highest BCUT2D eigenvalue weighted by molar-refractivity contribution is 6.16. The average Bonchev–Trinajstić information content (AvgIpc) is 2.82. The van der Waals surface area contributed by atoms with Crippen LogP contribution in [0, 0.1) is 12.3 Å². The molecule has 1 amide bonds. The van der Waals surface area contributed by atoms with Crippen LogP contribution in [0.5, 0.6) is 0 Å². The van der Waals surface area contributed by atoms with E-state index in [9.17, 15) is 34.2 Å². The van der Waals surface area contributed by atoms with E-state index in [4.69, 9.17) is 6.42 Å². The minimum Gasteiger partial charge on any atom is -0.478 e. The van der Waals surface area contributed by atoms with E-state index in [-0.39, 0.29) is 33.4 Å². The summed E-state index contributed by atoms with van der Waals surface area (Å²) in [6.45, 7) is 1.18. The monoisotopic (exact) mass is 455 g/mol. The molecule has 3 N–H and O–H groups in total. The molecule has 34 heavy (non-hydrogen) atoms. The number of hydrogen-bond acceptors (Lipinski definition) is 5. The zero-order valence-electron chi connectivity index (χ0n) is 17.8. The molecule has 3 aromatic rings. The van der Waals surface area contributed by atoms with E-state index >= 15 is 0 Å². The molecule has 0 aliphatic rings. The zero-order valence-corrected chi connectivity index (χ0v) is 17.8. The van der Waals surface area contributed by atoms with Crippen molar-refractivity contribution >= 4 is 35.1 Å². The molecular formula is C26H17NO7. The molecule has 0 spiro atoms. The van der Waals surface area contributed by atoms with Crippen LogP contribution in [0.2, 0.25) is 0 Å². The van der Waals surface area contributed by atoms with E-state index < -0.39 is 29.4 Å². The van der Waals surface area contributed by atoms with Crippen molar-refractivity contribution in [2.75, 3.05) is 5.32 Å². The van der Waals surface area contributed by atoms with Crippen molar-refractivity contribution in [2.45, 2.75) is 6.92 Å². The van der Waals surface area contributed by atoms with Gasteiger partial charge in [0.2, 0.25) is 0 Å². The van der Waals surface area contributed by atoms with Gasteiger partial charge in [0.05, 0.1) is 16.7 Å². The summed E-state index contributed by atoms with van der Waals surface area (Å²) in [7, 11) is 0. The second-order valence-corrected chi connectivity index (χ2v) is 7.20. The molecule has 8 nitrogen and oxygen atoms in total. The number of benzene rings is 3. The van der Waals surface area contributed by atoms with Gasteiger partial charge in [-0.3, -0.25) is 14.4 Å². The number of anilines is 1. The highest BCUT2D eigenvalue weighted by atomic mass is 16.4. The molecule has 0 fully saturated rings. The van der Waals surface area contributed by atoms with Crippen molar-refractivity contribution in [1.29, 1.82) is 0 Å². The second kappa shape index (κ2) is 9.63. The lowest BCUT2D eigenvalue weighted by atomic mass is 9.94. The van der Waals surface area contributed by atoms with Gasteiger partial charge in [-0.2, -0.15) is 0 Å². The summed E-state index contributed by atoms with van der Waals surface area (Å²) < 4.78 is 0. The molecule has 0 radical (unpaired) electrons.